The topological polar surface area (TPSA) is 86.8 Å². The summed E-state index contributed by atoms with van der Waals surface area (Å²) >= 11 is 12.7. The monoisotopic (exact) mass is 691 g/mol. The molecular weight excluding hydrogens is 653 g/mol. The molecular formula is C37H39Cl2N3O4S. The second-order valence-corrected chi connectivity index (χ2v) is 14.7. The zero-order chi connectivity index (χ0) is 33.4. The number of hydrogen-bond acceptors (Lipinski definition) is 4. The quantitative estimate of drug-likeness (QED) is 0.166. The van der Waals surface area contributed by atoms with Crippen molar-refractivity contribution in [1.29, 1.82) is 0 Å². The average Bonchev–Trinajstić information content (AvgIpc) is 3.07. The van der Waals surface area contributed by atoms with E-state index in [1.807, 2.05) is 36.4 Å². The molecule has 1 saturated carbocycles. The number of rotatable bonds is 12. The van der Waals surface area contributed by atoms with Gasteiger partial charge in [0.2, 0.25) is 11.8 Å². The molecule has 246 valence electrons. The molecule has 1 aliphatic rings. The molecule has 10 heteroatoms. The predicted molar refractivity (Wildman–Crippen MR) is 188 cm³/mol. The summed E-state index contributed by atoms with van der Waals surface area (Å²) < 4.78 is 29.6. The van der Waals surface area contributed by atoms with Crippen LogP contribution < -0.4 is 9.62 Å². The van der Waals surface area contributed by atoms with E-state index in [-0.39, 0.29) is 35.5 Å². The summed E-state index contributed by atoms with van der Waals surface area (Å²) in [6.45, 7) is 1.26. The van der Waals surface area contributed by atoms with E-state index < -0.39 is 28.5 Å². The van der Waals surface area contributed by atoms with Crippen LogP contribution >= 0.6 is 23.2 Å². The Morgan fingerprint density at radius 3 is 2.13 bits per heavy atom. The molecule has 4 aromatic rings. The Hall–Kier alpha value is -3.85. The van der Waals surface area contributed by atoms with Gasteiger partial charge in [-0.2, -0.15) is 0 Å². The summed E-state index contributed by atoms with van der Waals surface area (Å²) in [6.07, 6.45) is 5.20. The molecule has 5 rings (SSSR count). The van der Waals surface area contributed by atoms with Crippen molar-refractivity contribution in [3.63, 3.8) is 0 Å². The van der Waals surface area contributed by atoms with E-state index in [1.54, 1.807) is 61.5 Å². The predicted octanol–water partition coefficient (Wildman–Crippen LogP) is 7.59. The number of anilines is 1. The van der Waals surface area contributed by atoms with Gasteiger partial charge in [-0.1, -0.05) is 109 Å². The van der Waals surface area contributed by atoms with Gasteiger partial charge in [-0.05, 0) is 72.9 Å². The van der Waals surface area contributed by atoms with Crippen LogP contribution in [0.1, 0.15) is 48.8 Å². The maximum absolute atomic E-state index is 14.7. The van der Waals surface area contributed by atoms with E-state index in [0.29, 0.717) is 21.2 Å². The number of sulfonamides is 1. The highest BCUT2D eigenvalue weighted by Crippen LogP contribution is 2.30. The molecule has 7 nitrogen and oxygen atoms in total. The fourth-order valence-electron chi connectivity index (χ4n) is 6.01. The fourth-order valence-corrected chi connectivity index (χ4v) is 7.89. The van der Waals surface area contributed by atoms with E-state index in [4.69, 9.17) is 23.2 Å². The lowest BCUT2D eigenvalue weighted by atomic mass is 9.94. The minimum Gasteiger partial charge on any atom is -0.352 e. The van der Waals surface area contributed by atoms with Crippen LogP contribution in [0, 0.1) is 6.92 Å². The molecule has 0 bridgehead atoms. The molecule has 0 radical (unpaired) electrons. The Kier molecular flexibility index (Phi) is 11.6. The standard InChI is InChI=1S/C37H39Cl2N3O4S/c1-27-20-21-31(39)24-34(27)42(47(45,46)33-18-9-4-10-19-33)26-36(43)41(25-29-14-11-15-30(38)22-29)35(23-28-12-5-2-6-13-28)37(44)40-32-16-7-3-8-17-32/h2,4-6,9-15,18-22,24,32,35H,3,7-8,16-17,23,25-26H2,1H3,(H,40,44)/t35-/m0/s1. The maximum atomic E-state index is 14.7. The van der Waals surface area contributed by atoms with Crippen molar-refractivity contribution in [2.45, 2.75) is 69.0 Å². The Labute approximate surface area is 287 Å². The van der Waals surface area contributed by atoms with E-state index in [2.05, 4.69) is 5.32 Å². The van der Waals surface area contributed by atoms with Crippen LogP contribution in [0.25, 0.3) is 0 Å². The number of carbonyl (C=O) groups is 2. The van der Waals surface area contributed by atoms with Gasteiger partial charge in [0.15, 0.2) is 0 Å². The Morgan fingerprint density at radius 2 is 1.45 bits per heavy atom. The van der Waals surface area contributed by atoms with Crippen LogP contribution in [-0.2, 0) is 32.6 Å². The molecule has 0 spiro atoms. The third kappa shape index (κ3) is 8.95. The van der Waals surface area contributed by atoms with E-state index in [9.17, 15) is 18.0 Å². The van der Waals surface area contributed by atoms with Gasteiger partial charge >= 0.3 is 0 Å². The largest absolute Gasteiger partial charge is 0.352 e. The summed E-state index contributed by atoms with van der Waals surface area (Å²) in [7, 11) is -4.22. The van der Waals surface area contributed by atoms with Gasteiger partial charge in [0, 0.05) is 29.1 Å². The van der Waals surface area contributed by atoms with Crippen molar-refractivity contribution < 1.29 is 18.0 Å². The first-order valence-corrected chi connectivity index (χ1v) is 18.0. The van der Waals surface area contributed by atoms with Gasteiger partial charge in [0.05, 0.1) is 10.6 Å². The van der Waals surface area contributed by atoms with Crippen LogP contribution in [0.4, 0.5) is 5.69 Å². The molecule has 47 heavy (non-hydrogen) atoms. The zero-order valence-corrected chi connectivity index (χ0v) is 28.6. The third-order valence-corrected chi connectivity index (χ3v) is 10.8. The first-order chi connectivity index (χ1) is 22.6. The van der Waals surface area contributed by atoms with Gasteiger partial charge in [-0.3, -0.25) is 13.9 Å². The van der Waals surface area contributed by atoms with Crippen molar-refractivity contribution in [2.75, 3.05) is 10.8 Å². The lowest BCUT2D eigenvalue weighted by Gasteiger charge is -2.35. The van der Waals surface area contributed by atoms with E-state index in [1.165, 1.54) is 17.0 Å². The van der Waals surface area contributed by atoms with Crippen LogP contribution in [0.15, 0.2) is 108 Å². The molecule has 2 amide bonds. The maximum Gasteiger partial charge on any atom is 0.264 e. The molecule has 0 unspecified atom stereocenters. The van der Waals surface area contributed by atoms with Crippen molar-refractivity contribution in [3.05, 3.63) is 130 Å². The Bertz CT molecular complexity index is 1780. The highest BCUT2D eigenvalue weighted by atomic mass is 35.5. The molecule has 1 N–H and O–H groups in total. The van der Waals surface area contributed by atoms with Crippen molar-refractivity contribution in [1.82, 2.24) is 10.2 Å². The summed E-state index contributed by atoms with van der Waals surface area (Å²) in [5.41, 5.74) is 2.49. The van der Waals surface area contributed by atoms with E-state index >= 15 is 0 Å². The zero-order valence-electron chi connectivity index (χ0n) is 26.3. The van der Waals surface area contributed by atoms with Crippen LogP contribution in [0.3, 0.4) is 0 Å². The second-order valence-electron chi connectivity index (χ2n) is 12.0. The molecule has 1 aliphatic carbocycles. The number of aryl methyl sites for hydroxylation is 1. The van der Waals surface area contributed by atoms with Crippen molar-refractivity contribution in [2.24, 2.45) is 0 Å². The highest BCUT2D eigenvalue weighted by molar-refractivity contribution is 7.92. The molecule has 0 aromatic heterocycles. The number of nitrogens with zero attached hydrogens (tertiary/aromatic N) is 2. The molecule has 1 atom stereocenters. The first kappa shape index (κ1) is 34.5. The molecule has 0 heterocycles. The number of benzene rings is 4. The third-order valence-electron chi connectivity index (χ3n) is 8.51. The van der Waals surface area contributed by atoms with E-state index in [0.717, 1.165) is 42.0 Å². The fraction of sp³-hybridized carbons (Fsp3) is 0.297. The SMILES string of the molecule is Cc1ccc(Cl)cc1N(CC(=O)N(Cc1cccc(Cl)c1)[C@@H](Cc1ccccc1)C(=O)NC1CCCCC1)S(=O)(=O)c1ccccc1. The van der Waals surface area contributed by atoms with Crippen molar-refractivity contribution >= 4 is 50.7 Å². The summed E-state index contributed by atoms with van der Waals surface area (Å²) in [6, 6.07) is 28.6. The number of nitrogens with one attached hydrogen (secondary N) is 1. The average molecular weight is 693 g/mol. The van der Waals surface area contributed by atoms with Gasteiger partial charge in [-0.25, -0.2) is 8.42 Å². The summed E-state index contributed by atoms with van der Waals surface area (Å²) in [5, 5.41) is 4.04. The van der Waals surface area contributed by atoms with Gasteiger partial charge in [-0.15, -0.1) is 0 Å². The molecule has 4 aromatic carbocycles. The van der Waals surface area contributed by atoms with Gasteiger partial charge in [0.1, 0.15) is 12.6 Å². The minimum absolute atomic E-state index is 0.0155. The number of carbonyl (C=O) groups excluding carboxylic acids is 2. The Balaban J connectivity index is 1.58. The second kappa shape index (κ2) is 15.8. The normalized spacial score (nSPS) is 14.3. The molecule has 1 fully saturated rings. The van der Waals surface area contributed by atoms with Gasteiger partial charge in [0.25, 0.3) is 10.0 Å². The lowest BCUT2D eigenvalue weighted by Crippen LogP contribution is -2.55. The molecule has 0 saturated heterocycles. The summed E-state index contributed by atoms with van der Waals surface area (Å²) in [5.74, 6) is -0.809. The summed E-state index contributed by atoms with van der Waals surface area (Å²) in [4.78, 5) is 30.4. The number of halogens is 2. The minimum atomic E-state index is -4.22. The smallest absolute Gasteiger partial charge is 0.264 e. The van der Waals surface area contributed by atoms with Gasteiger partial charge < -0.3 is 10.2 Å². The lowest BCUT2D eigenvalue weighted by molar-refractivity contribution is -0.140. The van der Waals surface area contributed by atoms with Crippen LogP contribution in [0.2, 0.25) is 10.0 Å². The number of amides is 2. The highest BCUT2D eigenvalue weighted by Gasteiger charge is 2.36. The first-order valence-electron chi connectivity index (χ1n) is 15.8. The van der Waals surface area contributed by atoms with Crippen molar-refractivity contribution in [3.8, 4) is 0 Å². The van der Waals surface area contributed by atoms with Crippen LogP contribution in [-0.4, -0.2) is 43.8 Å². The number of hydrogen-bond donors (Lipinski definition) is 1. The van der Waals surface area contributed by atoms with Crippen LogP contribution in [0.5, 0.6) is 0 Å². The molecule has 0 aliphatic heterocycles. The Morgan fingerprint density at radius 1 is 0.809 bits per heavy atom.